The van der Waals surface area contributed by atoms with Gasteiger partial charge in [0.1, 0.15) is 5.69 Å². The van der Waals surface area contributed by atoms with Crippen molar-refractivity contribution in [1.82, 2.24) is 14.7 Å². The number of carboxylic acids is 1. The molecule has 2 rings (SSSR count). The fourth-order valence-corrected chi connectivity index (χ4v) is 1.89. The number of carbonyl (C=O) groups excluding carboxylic acids is 1. The van der Waals surface area contributed by atoms with E-state index in [4.69, 9.17) is 5.11 Å². The lowest BCUT2D eigenvalue weighted by Gasteiger charge is -2.24. The van der Waals surface area contributed by atoms with Crippen LogP contribution < -0.4 is 0 Å². The molecule has 6 heteroatoms. The molecule has 1 amide bonds. The van der Waals surface area contributed by atoms with Crippen molar-refractivity contribution in [2.75, 3.05) is 6.54 Å². The summed E-state index contributed by atoms with van der Waals surface area (Å²) in [6.45, 7) is 1.87. The van der Waals surface area contributed by atoms with Gasteiger partial charge in [0, 0.05) is 25.8 Å². The average molecular weight is 251 g/mol. The Morgan fingerprint density at radius 1 is 1.61 bits per heavy atom. The van der Waals surface area contributed by atoms with Crippen molar-refractivity contribution in [2.45, 2.75) is 25.8 Å². The SMILES string of the molecule is C[C@H](CN(C(=O)c1ccnn1C)C1CC1)C(=O)O. The summed E-state index contributed by atoms with van der Waals surface area (Å²) in [6.07, 6.45) is 3.48. The number of aliphatic carboxylic acids is 1. The van der Waals surface area contributed by atoms with Gasteiger partial charge in [-0.25, -0.2) is 0 Å². The molecule has 0 unspecified atom stereocenters. The third-order valence-corrected chi connectivity index (χ3v) is 3.18. The molecule has 1 N–H and O–H groups in total. The van der Waals surface area contributed by atoms with Crippen LogP contribution in [0, 0.1) is 5.92 Å². The van der Waals surface area contributed by atoms with Gasteiger partial charge in [-0.1, -0.05) is 6.92 Å². The predicted molar refractivity (Wildman–Crippen MR) is 64.1 cm³/mol. The third kappa shape index (κ3) is 2.52. The van der Waals surface area contributed by atoms with E-state index >= 15 is 0 Å². The maximum atomic E-state index is 12.3. The Hall–Kier alpha value is -1.85. The van der Waals surface area contributed by atoms with Crippen molar-refractivity contribution < 1.29 is 14.7 Å². The van der Waals surface area contributed by atoms with Gasteiger partial charge in [0.2, 0.25) is 0 Å². The fraction of sp³-hybridized carbons (Fsp3) is 0.583. The molecular formula is C12H17N3O3. The second-order valence-corrected chi connectivity index (χ2v) is 4.77. The molecule has 0 radical (unpaired) electrons. The number of aromatic nitrogens is 2. The van der Waals surface area contributed by atoms with Crippen molar-refractivity contribution in [3.05, 3.63) is 18.0 Å². The van der Waals surface area contributed by atoms with Crippen LogP contribution in [0.25, 0.3) is 0 Å². The highest BCUT2D eigenvalue weighted by atomic mass is 16.4. The summed E-state index contributed by atoms with van der Waals surface area (Å²) in [5, 5.41) is 12.9. The van der Waals surface area contributed by atoms with Gasteiger partial charge in [-0.2, -0.15) is 5.10 Å². The molecule has 0 aromatic carbocycles. The second-order valence-electron chi connectivity index (χ2n) is 4.77. The molecule has 0 saturated heterocycles. The minimum atomic E-state index is -0.876. The normalized spacial score (nSPS) is 16.3. The highest BCUT2D eigenvalue weighted by molar-refractivity contribution is 5.93. The summed E-state index contributed by atoms with van der Waals surface area (Å²) in [5.41, 5.74) is 0.500. The summed E-state index contributed by atoms with van der Waals surface area (Å²) in [5.74, 6) is -1.56. The molecule has 6 nitrogen and oxygen atoms in total. The zero-order valence-electron chi connectivity index (χ0n) is 10.5. The molecule has 18 heavy (non-hydrogen) atoms. The minimum Gasteiger partial charge on any atom is -0.481 e. The first-order chi connectivity index (χ1) is 8.50. The first kappa shape index (κ1) is 12.6. The van der Waals surface area contributed by atoms with E-state index in [2.05, 4.69) is 5.10 Å². The smallest absolute Gasteiger partial charge is 0.308 e. The van der Waals surface area contributed by atoms with Crippen LogP contribution in [0.5, 0.6) is 0 Å². The van der Waals surface area contributed by atoms with Crippen LogP contribution in [-0.4, -0.2) is 44.3 Å². The lowest BCUT2D eigenvalue weighted by molar-refractivity contribution is -0.141. The molecule has 1 aliphatic rings. The summed E-state index contributed by atoms with van der Waals surface area (Å²) in [6, 6.07) is 1.84. The van der Waals surface area contributed by atoms with Crippen molar-refractivity contribution in [3.8, 4) is 0 Å². The molecule has 98 valence electrons. The van der Waals surface area contributed by atoms with E-state index in [1.807, 2.05) is 0 Å². The quantitative estimate of drug-likeness (QED) is 0.837. The fourth-order valence-electron chi connectivity index (χ4n) is 1.89. The topological polar surface area (TPSA) is 75.4 Å². The van der Waals surface area contributed by atoms with Crippen LogP contribution in [0.4, 0.5) is 0 Å². The van der Waals surface area contributed by atoms with Gasteiger partial charge in [-0.3, -0.25) is 14.3 Å². The molecule has 0 spiro atoms. The lowest BCUT2D eigenvalue weighted by Crippen LogP contribution is -2.39. The van der Waals surface area contributed by atoms with Gasteiger partial charge in [0.25, 0.3) is 5.91 Å². The number of amides is 1. The first-order valence-corrected chi connectivity index (χ1v) is 6.02. The van der Waals surface area contributed by atoms with E-state index in [9.17, 15) is 9.59 Å². The molecule has 0 aliphatic heterocycles. The lowest BCUT2D eigenvalue weighted by atomic mass is 10.1. The summed E-state index contributed by atoms with van der Waals surface area (Å²) in [4.78, 5) is 24.9. The molecule has 1 aromatic rings. The van der Waals surface area contributed by atoms with Gasteiger partial charge in [0.05, 0.1) is 5.92 Å². The third-order valence-electron chi connectivity index (χ3n) is 3.18. The van der Waals surface area contributed by atoms with Crippen LogP contribution in [-0.2, 0) is 11.8 Å². The average Bonchev–Trinajstić information content (AvgIpc) is 3.07. The van der Waals surface area contributed by atoms with E-state index < -0.39 is 11.9 Å². The first-order valence-electron chi connectivity index (χ1n) is 6.02. The summed E-state index contributed by atoms with van der Waals surface area (Å²) >= 11 is 0. The molecule has 1 aliphatic carbocycles. The van der Waals surface area contributed by atoms with E-state index in [-0.39, 0.29) is 18.5 Å². The highest BCUT2D eigenvalue weighted by Crippen LogP contribution is 2.29. The van der Waals surface area contributed by atoms with E-state index in [0.717, 1.165) is 12.8 Å². The van der Waals surface area contributed by atoms with Crippen molar-refractivity contribution in [2.24, 2.45) is 13.0 Å². The van der Waals surface area contributed by atoms with Crippen LogP contribution in [0.2, 0.25) is 0 Å². The Labute approximate surface area is 105 Å². The second kappa shape index (κ2) is 4.80. The van der Waals surface area contributed by atoms with Crippen molar-refractivity contribution in [3.63, 3.8) is 0 Å². The zero-order valence-corrected chi connectivity index (χ0v) is 10.5. The molecular weight excluding hydrogens is 234 g/mol. The van der Waals surface area contributed by atoms with Gasteiger partial charge in [-0.15, -0.1) is 0 Å². The summed E-state index contributed by atoms with van der Waals surface area (Å²) < 4.78 is 1.52. The largest absolute Gasteiger partial charge is 0.481 e. The highest BCUT2D eigenvalue weighted by Gasteiger charge is 2.35. The van der Waals surface area contributed by atoms with Crippen molar-refractivity contribution >= 4 is 11.9 Å². The zero-order chi connectivity index (χ0) is 13.3. The molecule has 1 saturated carbocycles. The Morgan fingerprint density at radius 3 is 2.72 bits per heavy atom. The number of carbonyl (C=O) groups is 2. The minimum absolute atomic E-state index is 0.134. The van der Waals surface area contributed by atoms with Crippen LogP contribution in [0.15, 0.2) is 12.3 Å². The maximum absolute atomic E-state index is 12.3. The van der Waals surface area contributed by atoms with Gasteiger partial charge in [-0.05, 0) is 18.9 Å². The van der Waals surface area contributed by atoms with Crippen molar-refractivity contribution in [1.29, 1.82) is 0 Å². The molecule has 1 aromatic heterocycles. The Balaban J connectivity index is 2.13. The number of carboxylic acid groups (broad SMARTS) is 1. The van der Waals surface area contributed by atoms with E-state index in [1.165, 1.54) is 4.68 Å². The number of aryl methyl sites for hydroxylation is 1. The molecule has 1 fully saturated rings. The standard InChI is InChI=1S/C12H17N3O3/c1-8(12(17)18)7-15(9-3-4-9)11(16)10-5-6-13-14(10)2/h5-6,8-9H,3-4,7H2,1-2H3,(H,17,18)/t8-/m1/s1. The van der Waals surface area contributed by atoms with Gasteiger partial charge < -0.3 is 10.0 Å². The van der Waals surface area contributed by atoms with Crippen LogP contribution in [0.3, 0.4) is 0 Å². The predicted octanol–water partition coefficient (Wildman–Crippen LogP) is 0.745. The Bertz CT molecular complexity index is 465. The van der Waals surface area contributed by atoms with Gasteiger partial charge in [0.15, 0.2) is 0 Å². The van der Waals surface area contributed by atoms with E-state index in [1.54, 1.807) is 31.1 Å². The number of nitrogens with zero attached hydrogens (tertiary/aromatic N) is 3. The summed E-state index contributed by atoms with van der Waals surface area (Å²) in [7, 11) is 1.71. The van der Waals surface area contributed by atoms with Crippen LogP contribution >= 0.6 is 0 Å². The molecule has 1 atom stereocenters. The Morgan fingerprint density at radius 2 is 2.28 bits per heavy atom. The maximum Gasteiger partial charge on any atom is 0.308 e. The molecule has 0 bridgehead atoms. The van der Waals surface area contributed by atoms with E-state index in [0.29, 0.717) is 5.69 Å². The van der Waals surface area contributed by atoms with Crippen LogP contribution in [0.1, 0.15) is 30.3 Å². The number of rotatable bonds is 5. The van der Waals surface area contributed by atoms with Gasteiger partial charge >= 0.3 is 5.97 Å². The monoisotopic (exact) mass is 251 g/mol. The molecule has 1 heterocycles. The number of hydrogen-bond donors (Lipinski definition) is 1. The number of hydrogen-bond acceptors (Lipinski definition) is 3. The Kier molecular flexibility index (Phi) is 3.36.